The van der Waals surface area contributed by atoms with Crippen LogP contribution in [0, 0.1) is 5.41 Å². The highest BCUT2D eigenvalue weighted by atomic mass is 15.1. The molecule has 1 aromatic heterocycles. The third-order valence-corrected chi connectivity index (χ3v) is 10.1. The van der Waals surface area contributed by atoms with Gasteiger partial charge in [0.15, 0.2) is 0 Å². The van der Waals surface area contributed by atoms with Crippen molar-refractivity contribution in [2.24, 2.45) is 5.41 Å². The lowest BCUT2D eigenvalue weighted by Gasteiger charge is -2.45. The number of fused-ring (bicyclic) bond motifs is 3. The molecule has 0 spiro atoms. The van der Waals surface area contributed by atoms with Gasteiger partial charge in [0.1, 0.15) is 5.82 Å². The molecule has 2 heteroatoms. The lowest BCUT2D eigenvalue weighted by atomic mass is 9.57. The molecule has 2 atom stereocenters. The smallest absolute Gasteiger partial charge is 0.145 e. The summed E-state index contributed by atoms with van der Waals surface area (Å²) >= 11 is 0. The van der Waals surface area contributed by atoms with Crippen molar-refractivity contribution in [3.8, 4) is 17.1 Å². The molecule has 2 aliphatic carbocycles. The number of aromatic nitrogens is 2. The standard InChI is InChI=1S/C46H34N2/c1-46-30-29-36(32-25-27-35(28-26-32)45-47-41-23-13-14-24-42(41)48(45)37-19-9-4-10-20-37)31-40(46)43(33-15-5-2-6-16-33)38-21-11-12-22-39(38)44(46)34-17-7-3-8-18-34/h2-31,44H,1H3. The molecular weight excluding hydrogens is 581 g/mol. The Kier molecular flexibility index (Phi) is 6.69. The monoisotopic (exact) mass is 614 g/mol. The normalized spacial score (nSPS) is 18.4. The van der Waals surface area contributed by atoms with Gasteiger partial charge < -0.3 is 0 Å². The number of hydrogen-bond donors (Lipinski definition) is 0. The van der Waals surface area contributed by atoms with Crippen LogP contribution in [0.25, 0.3) is 39.3 Å². The molecule has 0 saturated heterocycles. The van der Waals surface area contributed by atoms with Gasteiger partial charge in [0.25, 0.3) is 0 Å². The summed E-state index contributed by atoms with van der Waals surface area (Å²) in [4.78, 5) is 5.09. The quantitative estimate of drug-likeness (QED) is 0.189. The average Bonchev–Trinajstić information content (AvgIpc) is 3.54. The first-order chi connectivity index (χ1) is 23.7. The molecule has 2 nitrogen and oxygen atoms in total. The molecule has 0 amide bonds. The first-order valence-corrected chi connectivity index (χ1v) is 16.7. The van der Waals surface area contributed by atoms with Gasteiger partial charge in [-0.3, -0.25) is 4.57 Å². The maximum absolute atomic E-state index is 5.09. The fourth-order valence-electron chi connectivity index (χ4n) is 7.89. The summed E-state index contributed by atoms with van der Waals surface area (Å²) in [7, 11) is 0. The topological polar surface area (TPSA) is 17.8 Å². The second-order valence-corrected chi connectivity index (χ2v) is 13.0. The van der Waals surface area contributed by atoms with Gasteiger partial charge in [0, 0.05) is 22.6 Å². The molecular formula is C46H34N2. The van der Waals surface area contributed by atoms with Gasteiger partial charge in [-0.05, 0) is 74.9 Å². The zero-order valence-corrected chi connectivity index (χ0v) is 26.8. The summed E-state index contributed by atoms with van der Waals surface area (Å²) in [6.45, 7) is 2.42. The van der Waals surface area contributed by atoms with E-state index < -0.39 is 0 Å². The summed E-state index contributed by atoms with van der Waals surface area (Å²) in [5.41, 5.74) is 14.4. The second-order valence-electron chi connectivity index (χ2n) is 13.0. The van der Waals surface area contributed by atoms with E-state index in [0.717, 1.165) is 28.1 Å². The number of nitrogens with zero attached hydrogens (tertiary/aromatic N) is 2. The van der Waals surface area contributed by atoms with Gasteiger partial charge in [-0.1, -0.05) is 159 Å². The van der Waals surface area contributed by atoms with Crippen LogP contribution < -0.4 is 0 Å². The van der Waals surface area contributed by atoms with E-state index in [9.17, 15) is 0 Å². The fraction of sp³-hybridized carbons (Fsp3) is 0.0652. The van der Waals surface area contributed by atoms with Crippen LogP contribution in [0.3, 0.4) is 0 Å². The van der Waals surface area contributed by atoms with E-state index in [1.54, 1.807) is 0 Å². The minimum atomic E-state index is -0.231. The number of allylic oxidation sites excluding steroid dienone is 5. The van der Waals surface area contributed by atoms with Gasteiger partial charge in [0.05, 0.1) is 11.0 Å². The number of hydrogen-bond acceptors (Lipinski definition) is 1. The van der Waals surface area contributed by atoms with Crippen LogP contribution in [0.2, 0.25) is 0 Å². The van der Waals surface area contributed by atoms with Crippen molar-refractivity contribution >= 4 is 22.2 Å². The van der Waals surface area contributed by atoms with Crippen LogP contribution in [0.1, 0.15) is 40.7 Å². The van der Waals surface area contributed by atoms with Crippen LogP contribution in [-0.2, 0) is 0 Å². The summed E-state index contributed by atoms with van der Waals surface area (Å²) in [6, 6.07) is 58.7. The number of imidazole rings is 1. The summed E-state index contributed by atoms with van der Waals surface area (Å²) in [6.07, 6.45) is 7.24. The first-order valence-electron chi connectivity index (χ1n) is 16.7. The van der Waals surface area contributed by atoms with Crippen molar-refractivity contribution in [3.05, 3.63) is 215 Å². The van der Waals surface area contributed by atoms with E-state index in [1.165, 1.54) is 44.5 Å². The molecule has 48 heavy (non-hydrogen) atoms. The maximum atomic E-state index is 5.09. The Balaban J connectivity index is 1.19. The minimum Gasteiger partial charge on any atom is -0.292 e. The Labute approximate surface area is 281 Å². The zero-order chi connectivity index (χ0) is 32.1. The number of benzene rings is 6. The van der Waals surface area contributed by atoms with Gasteiger partial charge in [0.2, 0.25) is 0 Å². The Morgan fingerprint density at radius 1 is 0.583 bits per heavy atom. The van der Waals surface area contributed by atoms with Crippen molar-refractivity contribution in [2.75, 3.05) is 0 Å². The maximum Gasteiger partial charge on any atom is 0.145 e. The van der Waals surface area contributed by atoms with Gasteiger partial charge >= 0.3 is 0 Å². The van der Waals surface area contributed by atoms with E-state index in [1.807, 2.05) is 0 Å². The molecule has 0 N–H and O–H groups in total. The van der Waals surface area contributed by atoms with Crippen LogP contribution in [0.4, 0.5) is 0 Å². The molecule has 9 rings (SSSR count). The molecule has 0 saturated carbocycles. The lowest BCUT2D eigenvalue weighted by molar-refractivity contribution is 0.449. The van der Waals surface area contributed by atoms with Crippen LogP contribution in [-0.4, -0.2) is 9.55 Å². The molecule has 6 aromatic carbocycles. The van der Waals surface area contributed by atoms with Gasteiger partial charge in [-0.15, -0.1) is 0 Å². The zero-order valence-electron chi connectivity index (χ0n) is 26.8. The predicted octanol–water partition coefficient (Wildman–Crippen LogP) is 11.3. The van der Waals surface area contributed by atoms with Crippen molar-refractivity contribution in [2.45, 2.75) is 12.8 Å². The summed E-state index contributed by atoms with van der Waals surface area (Å²) < 4.78 is 2.26. The van der Waals surface area contributed by atoms with Crippen molar-refractivity contribution in [3.63, 3.8) is 0 Å². The Morgan fingerprint density at radius 3 is 1.98 bits per heavy atom. The van der Waals surface area contributed by atoms with Crippen molar-refractivity contribution in [1.82, 2.24) is 9.55 Å². The highest BCUT2D eigenvalue weighted by Gasteiger charge is 2.44. The first kappa shape index (κ1) is 28.3. The van der Waals surface area contributed by atoms with Crippen molar-refractivity contribution < 1.29 is 0 Å². The molecule has 2 unspecified atom stereocenters. The highest BCUT2D eigenvalue weighted by Crippen LogP contribution is 2.58. The summed E-state index contributed by atoms with van der Waals surface area (Å²) in [5.74, 6) is 1.14. The Bertz CT molecular complexity index is 2380. The van der Waals surface area contributed by atoms with E-state index in [4.69, 9.17) is 4.98 Å². The Hall–Kier alpha value is -5.99. The molecule has 0 aliphatic heterocycles. The molecule has 0 fully saturated rings. The fourth-order valence-corrected chi connectivity index (χ4v) is 7.89. The molecule has 7 aromatic rings. The number of rotatable bonds is 5. The molecule has 228 valence electrons. The number of para-hydroxylation sites is 3. The van der Waals surface area contributed by atoms with E-state index >= 15 is 0 Å². The van der Waals surface area contributed by atoms with Crippen LogP contribution in [0.15, 0.2) is 188 Å². The SMILES string of the molecule is CC12C=CC(c3ccc(-c4nc5ccccc5n4-c4ccccc4)cc3)=CC1=C(c1ccccc1)c1ccccc1C2c1ccccc1. The Morgan fingerprint density at radius 2 is 1.21 bits per heavy atom. The lowest BCUT2D eigenvalue weighted by Crippen LogP contribution is -2.32. The van der Waals surface area contributed by atoms with E-state index in [2.05, 4.69) is 194 Å². The van der Waals surface area contributed by atoms with Gasteiger partial charge in [-0.2, -0.15) is 0 Å². The van der Waals surface area contributed by atoms with E-state index in [-0.39, 0.29) is 11.3 Å². The third kappa shape index (κ3) is 4.52. The molecule has 0 radical (unpaired) electrons. The molecule has 1 heterocycles. The second kappa shape index (κ2) is 11.4. The highest BCUT2D eigenvalue weighted by molar-refractivity contribution is 5.93. The average molecular weight is 615 g/mol. The largest absolute Gasteiger partial charge is 0.292 e. The molecule has 0 bridgehead atoms. The van der Waals surface area contributed by atoms with E-state index in [0.29, 0.717) is 0 Å². The van der Waals surface area contributed by atoms with Gasteiger partial charge in [-0.25, -0.2) is 4.98 Å². The summed E-state index contributed by atoms with van der Waals surface area (Å²) in [5, 5.41) is 0. The van der Waals surface area contributed by atoms with Crippen molar-refractivity contribution in [1.29, 1.82) is 0 Å². The predicted molar refractivity (Wildman–Crippen MR) is 199 cm³/mol. The van der Waals surface area contributed by atoms with Crippen LogP contribution in [0.5, 0.6) is 0 Å². The third-order valence-electron chi connectivity index (χ3n) is 10.1. The molecule has 2 aliphatic rings. The minimum absolute atomic E-state index is 0.194. The van der Waals surface area contributed by atoms with Crippen LogP contribution >= 0.6 is 0 Å².